The zero-order valence-electron chi connectivity index (χ0n) is 12.9. The molecule has 0 saturated carbocycles. The molecular weight excluding hydrogens is 262 g/mol. The second-order valence-electron chi connectivity index (χ2n) is 6.29. The molecule has 1 aliphatic rings. The van der Waals surface area contributed by atoms with E-state index in [1.807, 2.05) is 6.92 Å². The van der Waals surface area contributed by atoms with Crippen molar-refractivity contribution in [1.82, 2.24) is 15.0 Å². The molecule has 112 valence electrons. The summed E-state index contributed by atoms with van der Waals surface area (Å²) in [4.78, 5) is 6.74. The lowest BCUT2D eigenvalue weighted by atomic mass is 9.76. The third-order valence-electron chi connectivity index (χ3n) is 4.58. The smallest absolute Gasteiger partial charge is 0.240 e. The van der Waals surface area contributed by atoms with Crippen LogP contribution in [0.5, 0.6) is 0 Å². The molecule has 0 aliphatic carbocycles. The number of hydrogen-bond acceptors (Lipinski definition) is 4. The highest BCUT2D eigenvalue weighted by molar-refractivity contribution is 5.24. The molecule has 0 bridgehead atoms. The summed E-state index contributed by atoms with van der Waals surface area (Å²) < 4.78 is 5.24. The summed E-state index contributed by atoms with van der Waals surface area (Å²) in [6.45, 7) is 7.20. The number of aromatic nitrogens is 2. The monoisotopic (exact) mass is 285 g/mol. The van der Waals surface area contributed by atoms with Gasteiger partial charge >= 0.3 is 0 Å². The maximum Gasteiger partial charge on any atom is 0.240 e. The van der Waals surface area contributed by atoms with E-state index in [0.717, 1.165) is 25.5 Å². The van der Waals surface area contributed by atoms with Crippen molar-refractivity contribution in [3.63, 3.8) is 0 Å². The number of aryl methyl sites for hydroxylation is 1. The van der Waals surface area contributed by atoms with Crippen LogP contribution in [0.15, 0.2) is 34.9 Å². The summed E-state index contributed by atoms with van der Waals surface area (Å²) in [7, 11) is 0. The molecule has 21 heavy (non-hydrogen) atoms. The first-order valence-corrected chi connectivity index (χ1v) is 7.73. The normalized spacial score (nSPS) is 23.9. The molecule has 1 aromatic heterocycles. The van der Waals surface area contributed by atoms with Crippen LogP contribution >= 0.6 is 0 Å². The average molecular weight is 285 g/mol. The number of hydrogen-bond donors (Lipinski definition) is 0. The highest BCUT2D eigenvalue weighted by atomic mass is 16.5. The van der Waals surface area contributed by atoms with Crippen molar-refractivity contribution < 1.29 is 4.52 Å². The molecular formula is C17H23N3O. The van der Waals surface area contributed by atoms with Crippen molar-refractivity contribution in [3.8, 4) is 0 Å². The molecule has 1 aliphatic heterocycles. The Labute approximate surface area is 126 Å². The molecule has 1 fully saturated rings. The Hall–Kier alpha value is -1.68. The molecule has 1 aromatic carbocycles. The van der Waals surface area contributed by atoms with Gasteiger partial charge in [-0.25, -0.2) is 0 Å². The van der Waals surface area contributed by atoms with Gasteiger partial charge in [0.15, 0.2) is 5.82 Å². The largest absolute Gasteiger partial charge is 0.338 e. The third-order valence-corrected chi connectivity index (χ3v) is 4.58. The molecule has 3 rings (SSSR count). The number of nitrogens with zero attached hydrogens (tertiary/aromatic N) is 3. The van der Waals surface area contributed by atoms with E-state index >= 15 is 0 Å². The lowest BCUT2D eigenvalue weighted by Gasteiger charge is -2.29. The van der Waals surface area contributed by atoms with Crippen LogP contribution < -0.4 is 0 Å². The van der Waals surface area contributed by atoms with E-state index in [1.54, 1.807) is 0 Å². The summed E-state index contributed by atoms with van der Waals surface area (Å²) in [6.07, 6.45) is 3.61. The standard InChI is InChI=1S/C17H23N3O/c1-14-18-16(21-19-14)13-20-11-6-9-17(2,10-12-20)15-7-4-3-5-8-15/h3-5,7-8H,6,9-13H2,1-2H3. The minimum Gasteiger partial charge on any atom is -0.338 e. The van der Waals surface area contributed by atoms with Crippen molar-refractivity contribution in [2.45, 2.75) is 45.1 Å². The van der Waals surface area contributed by atoms with Gasteiger partial charge in [-0.15, -0.1) is 0 Å². The van der Waals surface area contributed by atoms with Gasteiger partial charge in [0.05, 0.1) is 6.54 Å². The van der Waals surface area contributed by atoms with Crippen LogP contribution in [0.25, 0.3) is 0 Å². The number of likely N-dealkylation sites (tertiary alicyclic amines) is 1. The van der Waals surface area contributed by atoms with Crippen LogP contribution in [0.3, 0.4) is 0 Å². The Morgan fingerprint density at radius 1 is 1.19 bits per heavy atom. The van der Waals surface area contributed by atoms with Crippen LogP contribution in [-0.2, 0) is 12.0 Å². The second kappa shape index (κ2) is 5.98. The van der Waals surface area contributed by atoms with Crippen LogP contribution in [0.2, 0.25) is 0 Å². The van der Waals surface area contributed by atoms with Gasteiger partial charge in [0.2, 0.25) is 5.89 Å². The summed E-state index contributed by atoms with van der Waals surface area (Å²) in [6, 6.07) is 10.9. The van der Waals surface area contributed by atoms with Crippen molar-refractivity contribution >= 4 is 0 Å². The predicted molar refractivity (Wildman–Crippen MR) is 82.0 cm³/mol. The minimum absolute atomic E-state index is 0.279. The first kappa shape index (κ1) is 14.3. The first-order valence-electron chi connectivity index (χ1n) is 7.73. The highest BCUT2D eigenvalue weighted by Gasteiger charge is 2.29. The van der Waals surface area contributed by atoms with Gasteiger partial charge in [-0.3, -0.25) is 4.90 Å². The lowest BCUT2D eigenvalue weighted by Crippen LogP contribution is -2.27. The second-order valence-corrected chi connectivity index (χ2v) is 6.29. The van der Waals surface area contributed by atoms with E-state index in [2.05, 4.69) is 52.3 Å². The summed E-state index contributed by atoms with van der Waals surface area (Å²) in [5.74, 6) is 1.45. The Morgan fingerprint density at radius 2 is 2.00 bits per heavy atom. The Kier molecular flexibility index (Phi) is 4.06. The van der Waals surface area contributed by atoms with Gasteiger partial charge in [0.25, 0.3) is 0 Å². The van der Waals surface area contributed by atoms with E-state index < -0.39 is 0 Å². The maximum atomic E-state index is 5.24. The molecule has 0 radical (unpaired) electrons. The van der Waals surface area contributed by atoms with Crippen LogP contribution in [-0.4, -0.2) is 28.1 Å². The zero-order chi connectivity index (χ0) is 14.7. The summed E-state index contributed by atoms with van der Waals surface area (Å²) in [5, 5.41) is 3.87. The van der Waals surface area contributed by atoms with E-state index in [1.165, 1.54) is 24.8 Å². The molecule has 2 heterocycles. The fourth-order valence-corrected chi connectivity index (χ4v) is 3.22. The summed E-state index contributed by atoms with van der Waals surface area (Å²) in [5.41, 5.74) is 1.74. The molecule has 0 amide bonds. The van der Waals surface area contributed by atoms with Gasteiger partial charge in [0.1, 0.15) is 0 Å². The lowest BCUT2D eigenvalue weighted by molar-refractivity contribution is 0.229. The fourth-order valence-electron chi connectivity index (χ4n) is 3.22. The van der Waals surface area contributed by atoms with E-state index in [4.69, 9.17) is 4.52 Å². The van der Waals surface area contributed by atoms with Crippen molar-refractivity contribution in [1.29, 1.82) is 0 Å². The van der Waals surface area contributed by atoms with Crippen molar-refractivity contribution in [2.75, 3.05) is 13.1 Å². The third kappa shape index (κ3) is 3.32. The predicted octanol–water partition coefficient (Wildman–Crippen LogP) is 3.32. The highest BCUT2D eigenvalue weighted by Crippen LogP contribution is 2.35. The Morgan fingerprint density at radius 3 is 2.71 bits per heavy atom. The topological polar surface area (TPSA) is 42.2 Å². The number of rotatable bonds is 3. The van der Waals surface area contributed by atoms with E-state index in [-0.39, 0.29) is 5.41 Å². The molecule has 0 N–H and O–H groups in total. The molecule has 2 aromatic rings. The van der Waals surface area contributed by atoms with Gasteiger partial charge in [-0.05, 0) is 50.3 Å². The van der Waals surface area contributed by atoms with E-state index in [9.17, 15) is 0 Å². The number of benzene rings is 1. The molecule has 4 heteroatoms. The van der Waals surface area contributed by atoms with E-state index in [0.29, 0.717) is 5.82 Å². The minimum atomic E-state index is 0.279. The maximum absolute atomic E-state index is 5.24. The first-order chi connectivity index (χ1) is 10.2. The fraction of sp³-hybridized carbons (Fsp3) is 0.529. The quantitative estimate of drug-likeness (QED) is 0.867. The van der Waals surface area contributed by atoms with Gasteiger partial charge < -0.3 is 4.52 Å². The zero-order valence-corrected chi connectivity index (χ0v) is 12.9. The van der Waals surface area contributed by atoms with Crippen molar-refractivity contribution in [3.05, 3.63) is 47.6 Å². The van der Waals surface area contributed by atoms with Gasteiger partial charge in [-0.2, -0.15) is 4.98 Å². The van der Waals surface area contributed by atoms with Crippen LogP contribution in [0, 0.1) is 6.92 Å². The van der Waals surface area contributed by atoms with Gasteiger partial charge in [-0.1, -0.05) is 42.4 Å². The van der Waals surface area contributed by atoms with Crippen molar-refractivity contribution in [2.24, 2.45) is 0 Å². The Bertz CT molecular complexity index is 581. The molecule has 0 spiro atoms. The SMILES string of the molecule is Cc1noc(CN2CCCC(C)(c3ccccc3)CC2)n1. The Balaban J connectivity index is 1.66. The molecule has 1 saturated heterocycles. The molecule has 1 unspecified atom stereocenters. The van der Waals surface area contributed by atoms with Crippen LogP contribution in [0.4, 0.5) is 0 Å². The molecule has 1 atom stereocenters. The summed E-state index contributed by atoms with van der Waals surface area (Å²) >= 11 is 0. The molecule has 4 nitrogen and oxygen atoms in total. The average Bonchev–Trinajstić information content (AvgIpc) is 2.80. The van der Waals surface area contributed by atoms with Gasteiger partial charge in [0, 0.05) is 0 Å². The van der Waals surface area contributed by atoms with Crippen LogP contribution in [0.1, 0.15) is 43.5 Å².